The Morgan fingerprint density at radius 3 is 1.88 bits per heavy atom. The molecule has 4 aromatic rings. The molecule has 216 valence electrons. The molecular formula is C31H32O10. The molecule has 0 saturated heterocycles. The number of benzene rings is 4. The number of fused-ring (bicyclic) bond motifs is 4. The number of aliphatic hydroxyl groups excluding tert-OH is 2. The first-order valence-electron chi connectivity index (χ1n) is 13.2. The molecule has 4 unspecified atom stereocenters. The minimum Gasteiger partial charge on any atom is -0.507 e. The van der Waals surface area contributed by atoms with Crippen LogP contribution in [0, 0.1) is 0 Å². The van der Waals surface area contributed by atoms with Crippen LogP contribution < -0.4 is 14.2 Å². The molecule has 5 N–H and O–H groups in total. The van der Waals surface area contributed by atoms with E-state index in [9.17, 15) is 25.5 Å². The Labute approximate surface area is 235 Å². The summed E-state index contributed by atoms with van der Waals surface area (Å²) in [6.07, 6.45) is -3.38. The van der Waals surface area contributed by atoms with E-state index < -0.39 is 24.4 Å². The van der Waals surface area contributed by atoms with E-state index in [4.69, 9.17) is 23.7 Å². The first-order chi connectivity index (χ1) is 19.6. The number of phenols is 3. The summed E-state index contributed by atoms with van der Waals surface area (Å²) >= 11 is 0. The van der Waals surface area contributed by atoms with E-state index in [-0.39, 0.29) is 41.8 Å². The summed E-state index contributed by atoms with van der Waals surface area (Å²) in [4.78, 5) is 0. The predicted molar refractivity (Wildman–Crippen MR) is 150 cm³/mol. The summed E-state index contributed by atoms with van der Waals surface area (Å²) in [5.41, 5.74) is 2.23. The first-order valence-corrected chi connectivity index (χ1v) is 13.2. The van der Waals surface area contributed by atoms with Crippen LogP contribution >= 0.6 is 0 Å². The SMILES string of the molecule is COc1cc(OC)c2c(O)c3c(c(-c4c(O)cc(OC)c5c(O)c6c(cc45)C(O)C(C)OC6)c2c1)C(O)C(C)OC3. The van der Waals surface area contributed by atoms with Crippen molar-refractivity contribution in [2.45, 2.75) is 51.5 Å². The van der Waals surface area contributed by atoms with E-state index in [1.165, 1.54) is 27.4 Å². The maximum atomic E-state index is 11.6. The molecule has 10 heteroatoms. The fourth-order valence-electron chi connectivity index (χ4n) is 6.15. The highest BCUT2D eigenvalue weighted by molar-refractivity contribution is 6.15. The third-order valence-electron chi connectivity index (χ3n) is 8.35. The van der Waals surface area contributed by atoms with Crippen LogP contribution in [-0.2, 0) is 22.7 Å². The predicted octanol–water partition coefficient (Wildman–Crippen LogP) is 4.71. The fourth-order valence-corrected chi connectivity index (χ4v) is 6.15. The van der Waals surface area contributed by atoms with Gasteiger partial charge in [0.1, 0.15) is 46.7 Å². The van der Waals surface area contributed by atoms with Crippen molar-refractivity contribution in [2.75, 3.05) is 21.3 Å². The lowest BCUT2D eigenvalue weighted by atomic mass is 9.81. The van der Waals surface area contributed by atoms with Crippen LogP contribution in [0.3, 0.4) is 0 Å². The summed E-state index contributed by atoms with van der Waals surface area (Å²) in [7, 11) is 4.39. The average molecular weight is 565 g/mol. The maximum Gasteiger partial charge on any atom is 0.134 e. The van der Waals surface area contributed by atoms with E-state index in [1.807, 2.05) is 0 Å². The van der Waals surface area contributed by atoms with E-state index in [1.54, 1.807) is 32.0 Å². The molecule has 6 rings (SSSR count). The Bertz CT molecular complexity index is 1710. The highest BCUT2D eigenvalue weighted by atomic mass is 16.5. The lowest BCUT2D eigenvalue weighted by Gasteiger charge is -2.33. The van der Waals surface area contributed by atoms with E-state index in [0.29, 0.717) is 60.9 Å². The van der Waals surface area contributed by atoms with Crippen molar-refractivity contribution in [1.82, 2.24) is 0 Å². The van der Waals surface area contributed by atoms with Crippen LogP contribution in [0.1, 0.15) is 48.3 Å². The van der Waals surface area contributed by atoms with Crippen LogP contribution in [0.2, 0.25) is 0 Å². The van der Waals surface area contributed by atoms with Crippen LogP contribution in [-0.4, -0.2) is 59.1 Å². The molecule has 0 amide bonds. The second kappa shape index (κ2) is 9.85. The second-order valence-corrected chi connectivity index (χ2v) is 10.5. The first kappa shape index (κ1) is 27.2. The zero-order chi connectivity index (χ0) is 29.3. The van der Waals surface area contributed by atoms with Gasteiger partial charge in [0.25, 0.3) is 0 Å². The fraction of sp³-hybridized carbons (Fsp3) is 0.355. The van der Waals surface area contributed by atoms with Crippen molar-refractivity contribution < 1.29 is 49.2 Å². The molecule has 0 spiro atoms. The minimum atomic E-state index is -1.18. The van der Waals surface area contributed by atoms with E-state index in [0.717, 1.165) is 0 Å². The molecule has 2 heterocycles. The molecular weight excluding hydrogens is 532 g/mol. The average Bonchev–Trinajstić information content (AvgIpc) is 2.97. The summed E-state index contributed by atoms with van der Waals surface area (Å²) < 4.78 is 28.2. The number of aliphatic hydroxyl groups is 2. The zero-order valence-electron chi connectivity index (χ0n) is 23.3. The Morgan fingerprint density at radius 2 is 1.24 bits per heavy atom. The number of rotatable bonds is 4. The van der Waals surface area contributed by atoms with Gasteiger partial charge in [-0.1, -0.05) is 0 Å². The molecule has 0 aromatic heterocycles. The summed E-state index contributed by atoms with van der Waals surface area (Å²) in [6, 6.07) is 6.43. The molecule has 41 heavy (non-hydrogen) atoms. The highest BCUT2D eigenvalue weighted by Gasteiger charge is 2.37. The number of hydrogen-bond acceptors (Lipinski definition) is 10. The molecule has 0 fully saturated rings. The van der Waals surface area contributed by atoms with Gasteiger partial charge < -0.3 is 49.2 Å². The van der Waals surface area contributed by atoms with Gasteiger partial charge in [-0.3, -0.25) is 0 Å². The largest absolute Gasteiger partial charge is 0.507 e. The van der Waals surface area contributed by atoms with Gasteiger partial charge in [0.05, 0.1) is 57.5 Å². The summed E-state index contributed by atoms with van der Waals surface area (Å²) in [5, 5.41) is 58.6. The number of hydrogen-bond donors (Lipinski definition) is 5. The van der Waals surface area contributed by atoms with Crippen molar-refractivity contribution in [3.05, 3.63) is 46.5 Å². The van der Waals surface area contributed by atoms with Crippen molar-refractivity contribution in [3.8, 4) is 45.6 Å². The number of aromatic hydroxyl groups is 3. The molecule has 0 radical (unpaired) electrons. The smallest absolute Gasteiger partial charge is 0.134 e. The van der Waals surface area contributed by atoms with Crippen molar-refractivity contribution in [3.63, 3.8) is 0 Å². The third kappa shape index (κ3) is 3.86. The lowest BCUT2D eigenvalue weighted by Crippen LogP contribution is -2.26. The normalized spacial score (nSPS) is 21.9. The molecule has 0 saturated carbocycles. The Balaban J connectivity index is 1.87. The quantitative estimate of drug-likeness (QED) is 0.236. The van der Waals surface area contributed by atoms with E-state index in [2.05, 4.69) is 0 Å². The topological polar surface area (TPSA) is 147 Å². The second-order valence-electron chi connectivity index (χ2n) is 10.5. The number of phenolic OH excluding ortho intramolecular Hbond substituents is 3. The Hall–Kier alpha value is -3.96. The highest BCUT2D eigenvalue weighted by Crippen LogP contribution is 2.56. The molecule has 10 nitrogen and oxygen atoms in total. The molecule has 0 bridgehead atoms. The Morgan fingerprint density at radius 1 is 0.683 bits per heavy atom. The summed E-state index contributed by atoms with van der Waals surface area (Å²) in [5.74, 6) is 0.468. The standard InChI is InChI=1S/C31H32O10/c1-12-28(33)15-8-17-23(20(32)9-22(39-5)25(17)30(35)18(15)10-40-12)26-16-6-14(37-3)7-21(38-4)24(16)31(36)19-11-41-13(2)29(34)27(19)26/h6-9,12-13,28-29,32-36H,10-11H2,1-5H3. The zero-order valence-corrected chi connectivity index (χ0v) is 23.3. The van der Waals surface area contributed by atoms with Gasteiger partial charge in [-0.05, 0) is 31.5 Å². The van der Waals surface area contributed by atoms with Gasteiger partial charge in [-0.15, -0.1) is 0 Å². The minimum absolute atomic E-state index is 0.000577. The molecule has 4 aromatic carbocycles. The van der Waals surface area contributed by atoms with Gasteiger partial charge in [0.2, 0.25) is 0 Å². The van der Waals surface area contributed by atoms with Crippen LogP contribution in [0.15, 0.2) is 24.3 Å². The molecule has 2 aliphatic heterocycles. The van der Waals surface area contributed by atoms with Gasteiger partial charge in [0.15, 0.2) is 0 Å². The molecule has 2 aliphatic rings. The monoisotopic (exact) mass is 564 g/mol. The lowest BCUT2D eigenvalue weighted by molar-refractivity contribution is -0.0530. The third-order valence-corrected chi connectivity index (χ3v) is 8.35. The number of methoxy groups -OCH3 is 3. The van der Waals surface area contributed by atoms with Gasteiger partial charge in [-0.25, -0.2) is 0 Å². The van der Waals surface area contributed by atoms with Crippen molar-refractivity contribution >= 4 is 21.5 Å². The summed E-state index contributed by atoms with van der Waals surface area (Å²) in [6.45, 7) is 3.53. The van der Waals surface area contributed by atoms with Crippen LogP contribution in [0.4, 0.5) is 0 Å². The molecule has 0 aliphatic carbocycles. The number of ether oxygens (including phenoxy) is 5. The van der Waals surface area contributed by atoms with Crippen molar-refractivity contribution in [2.24, 2.45) is 0 Å². The van der Waals surface area contributed by atoms with E-state index >= 15 is 0 Å². The molecule has 4 atom stereocenters. The maximum absolute atomic E-state index is 11.6. The van der Waals surface area contributed by atoms with Crippen molar-refractivity contribution in [1.29, 1.82) is 0 Å². The Kier molecular flexibility index (Phi) is 6.54. The van der Waals surface area contributed by atoms with Crippen LogP contribution in [0.5, 0.6) is 34.5 Å². The van der Waals surface area contributed by atoms with Gasteiger partial charge >= 0.3 is 0 Å². The van der Waals surface area contributed by atoms with Gasteiger partial charge in [0, 0.05) is 50.7 Å². The van der Waals surface area contributed by atoms with Gasteiger partial charge in [-0.2, -0.15) is 0 Å². The van der Waals surface area contributed by atoms with Crippen LogP contribution in [0.25, 0.3) is 32.7 Å².